The number of allylic oxidation sites excluding steroid dienone is 12. The second-order valence-corrected chi connectivity index (χ2v) is 16.0. The number of carbonyl (C=O) groups is 1. The van der Waals surface area contributed by atoms with Crippen molar-refractivity contribution in [1.29, 1.82) is 0 Å². The number of carbonyl (C=O) groups excluding carboxylic acids is 1. The molecule has 49 heavy (non-hydrogen) atoms. The molecule has 0 atom stereocenters. The van der Waals surface area contributed by atoms with Crippen LogP contribution in [0.2, 0.25) is 0 Å². The Morgan fingerprint density at radius 1 is 0.653 bits per heavy atom. The molecule has 0 radical (unpaired) electrons. The van der Waals surface area contributed by atoms with Gasteiger partial charge in [-0.3, -0.25) is 13.9 Å². The Hall–Kier alpha value is -3.03. The van der Waals surface area contributed by atoms with Gasteiger partial charge in [0.1, 0.15) is 0 Å². The van der Waals surface area contributed by atoms with Gasteiger partial charge in [0.25, 0.3) is 20.2 Å². The van der Waals surface area contributed by atoms with Crippen molar-refractivity contribution in [1.82, 2.24) is 0 Å². The Bertz CT molecular complexity index is 1940. The van der Waals surface area contributed by atoms with Crippen molar-refractivity contribution >= 4 is 37.4 Å². The van der Waals surface area contributed by atoms with Crippen LogP contribution in [0.5, 0.6) is 0 Å². The average Bonchev–Trinajstić information content (AvgIpc) is 3.55. The monoisotopic (exact) mass is 713 g/mol. The summed E-state index contributed by atoms with van der Waals surface area (Å²) >= 11 is 0. The Morgan fingerprint density at radius 2 is 1.00 bits per heavy atom. The Labute approximate surface area is 312 Å². The SMILES string of the molecule is CCN1/C(=C/C=C/C=C2\CC\C(=C/C=C/C=C3/N(CC)c4ccc(S(=O)(=O)O)cc4C3(C)C)C2=O)C(C)(C)c2cc(S(=O)(=O)O)ccc21.[Na+]. The minimum Gasteiger partial charge on any atom is -0.344 e. The topological polar surface area (TPSA) is 132 Å². The first kappa shape index (κ1) is 38.8. The predicted molar refractivity (Wildman–Crippen MR) is 189 cm³/mol. The van der Waals surface area contributed by atoms with E-state index in [1.54, 1.807) is 12.1 Å². The molecule has 0 spiro atoms. The second-order valence-electron chi connectivity index (χ2n) is 13.1. The molecule has 1 saturated carbocycles. The molecule has 9 nitrogen and oxygen atoms in total. The van der Waals surface area contributed by atoms with Crippen molar-refractivity contribution in [2.75, 3.05) is 22.9 Å². The fourth-order valence-electron chi connectivity index (χ4n) is 6.97. The van der Waals surface area contributed by atoms with E-state index < -0.39 is 31.1 Å². The van der Waals surface area contributed by atoms with E-state index in [-0.39, 0.29) is 45.1 Å². The van der Waals surface area contributed by atoms with E-state index >= 15 is 0 Å². The van der Waals surface area contributed by atoms with E-state index in [2.05, 4.69) is 9.80 Å². The van der Waals surface area contributed by atoms with Crippen LogP contribution in [0.25, 0.3) is 0 Å². The first-order valence-electron chi connectivity index (χ1n) is 15.9. The van der Waals surface area contributed by atoms with Gasteiger partial charge in [-0.1, -0.05) is 64.2 Å². The molecule has 2 aliphatic heterocycles. The minimum atomic E-state index is -4.32. The molecule has 0 bridgehead atoms. The summed E-state index contributed by atoms with van der Waals surface area (Å²) in [5.41, 5.74) is 5.83. The van der Waals surface area contributed by atoms with Crippen LogP contribution in [0.4, 0.5) is 11.4 Å². The Morgan fingerprint density at radius 3 is 1.33 bits per heavy atom. The van der Waals surface area contributed by atoms with Crippen LogP contribution in [0.3, 0.4) is 0 Å². The van der Waals surface area contributed by atoms with Gasteiger partial charge in [0.2, 0.25) is 0 Å². The molecular formula is C37H42N2NaO7S2+. The number of anilines is 2. The molecule has 0 unspecified atom stereocenters. The predicted octanol–water partition coefficient (Wildman–Crippen LogP) is 4.22. The number of fused-ring (bicyclic) bond motifs is 2. The Kier molecular flexibility index (Phi) is 11.3. The molecular weight excluding hydrogens is 672 g/mol. The number of benzene rings is 2. The van der Waals surface area contributed by atoms with E-state index in [0.717, 1.165) is 45.0 Å². The summed E-state index contributed by atoms with van der Waals surface area (Å²) in [5.74, 6) is 0.00710. The van der Waals surface area contributed by atoms with Crippen molar-refractivity contribution in [2.24, 2.45) is 0 Å². The van der Waals surface area contributed by atoms with Crippen LogP contribution in [0, 0.1) is 0 Å². The van der Waals surface area contributed by atoms with Gasteiger partial charge in [0.05, 0.1) is 9.79 Å². The maximum atomic E-state index is 13.1. The van der Waals surface area contributed by atoms with Gasteiger partial charge in [0, 0.05) is 57.8 Å². The summed E-state index contributed by atoms with van der Waals surface area (Å²) in [6, 6.07) is 9.34. The molecule has 0 amide bonds. The van der Waals surface area contributed by atoms with E-state index in [4.69, 9.17) is 0 Å². The molecule has 2 aromatic carbocycles. The van der Waals surface area contributed by atoms with Crippen molar-refractivity contribution in [3.63, 3.8) is 0 Å². The molecule has 5 rings (SSSR count). The third-order valence-corrected chi connectivity index (χ3v) is 11.2. The van der Waals surface area contributed by atoms with Gasteiger partial charge in [-0.05, 0) is 86.4 Å². The summed E-state index contributed by atoms with van der Waals surface area (Å²) in [7, 11) is -8.64. The van der Waals surface area contributed by atoms with Crippen LogP contribution < -0.4 is 39.4 Å². The standard InChI is InChI=1S/C37H42N2O7S2.Na/c1-7-38-31-21-19-27(47(41,42)43)23-29(31)36(3,4)33(38)15-11-9-13-25-17-18-26(35(25)40)14-10-12-16-34-37(5,6)30-24-28(48(44,45)46)20-22-32(30)39(34)8-2;/h9-16,19-24H,7-8,17-18H2,1-6H3,(H,41,42,43)(H,44,45,46);/q;+1/b11-9+,12-10+,25-13+,26-14+,33-15+,34-16+;. The van der Waals surface area contributed by atoms with Gasteiger partial charge in [-0.25, -0.2) is 0 Å². The first-order valence-corrected chi connectivity index (χ1v) is 18.8. The quantitative estimate of drug-likeness (QED) is 0.235. The van der Waals surface area contributed by atoms with Gasteiger partial charge < -0.3 is 9.80 Å². The van der Waals surface area contributed by atoms with Gasteiger partial charge in [0.15, 0.2) is 5.78 Å². The molecule has 2 N–H and O–H groups in total. The maximum absolute atomic E-state index is 13.1. The molecule has 254 valence electrons. The molecule has 3 aliphatic rings. The second kappa shape index (κ2) is 14.3. The third kappa shape index (κ3) is 7.39. The summed E-state index contributed by atoms with van der Waals surface area (Å²) in [6.07, 6.45) is 16.4. The van der Waals surface area contributed by atoms with Crippen LogP contribution in [-0.4, -0.2) is 44.8 Å². The molecule has 1 fully saturated rings. The fourth-order valence-corrected chi connectivity index (χ4v) is 7.98. The summed E-state index contributed by atoms with van der Waals surface area (Å²) in [5, 5.41) is 0. The van der Waals surface area contributed by atoms with Gasteiger partial charge >= 0.3 is 29.6 Å². The molecule has 2 heterocycles. The first-order chi connectivity index (χ1) is 22.4. The zero-order valence-electron chi connectivity index (χ0n) is 29.1. The molecule has 0 aromatic heterocycles. The van der Waals surface area contributed by atoms with Crippen molar-refractivity contribution in [3.8, 4) is 0 Å². The average molecular weight is 714 g/mol. The number of likely N-dealkylation sites (N-methyl/N-ethyl adjacent to an activating group) is 2. The summed E-state index contributed by atoms with van der Waals surface area (Å²) in [6.45, 7) is 13.5. The fraction of sp³-hybridized carbons (Fsp3) is 0.324. The summed E-state index contributed by atoms with van der Waals surface area (Å²) in [4.78, 5) is 17.1. The smallest absolute Gasteiger partial charge is 0.344 e. The van der Waals surface area contributed by atoms with Gasteiger partial charge in [-0.15, -0.1) is 0 Å². The number of ketones is 1. The van der Waals surface area contributed by atoms with Crippen LogP contribution in [-0.2, 0) is 35.9 Å². The maximum Gasteiger partial charge on any atom is 1.00 e. The van der Waals surface area contributed by atoms with E-state index in [1.165, 1.54) is 24.3 Å². The van der Waals surface area contributed by atoms with Crippen LogP contribution in [0.1, 0.15) is 65.5 Å². The zero-order valence-corrected chi connectivity index (χ0v) is 32.7. The number of hydrogen-bond acceptors (Lipinski definition) is 7. The van der Waals surface area contributed by atoms with Crippen molar-refractivity contribution in [2.45, 2.75) is 75.0 Å². The molecule has 1 aliphatic carbocycles. The molecule has 12 heteroatoms. The Balaban J connectivity index is 0.00000541. The third-order valence-electron chi connectivity index (χ3n) is 9.53. The largest absolute Gasteiger partial charge is 1.00 e. The molecule has 2 aromatic rings. The minimum absolute atomic E-state index is 0. The van der Waals surface area contributed by atoms with E-state index in [0.29, 0.717) is 25.9 Å². The number of hydrogen-bond donors (Lipinski definition) is 2. The van der Waals surface area contributed by atoms with E-state index in [9.17, 15) is 30.7 Å². The molecule has 0 saturated heterocycles. The number of Topliss-reactive ketones (excluding diaryl/α,β-unsaturated/α-hetero) is 1. The normalized spacial score (nSPS) is 21.9. The zero-order chi connectivity index (χ0) is 35.2. The van der Waals surface area contributed by atoms with Gasteiger partial charge in [-0.2, -0.15) is 16.8 Å². The number of nitrogens with zero attached hydrogens (tertiary/aromatic N) is 2. The van der Waals surface area contributed by atoms with E-state index in [1.807, 2.05) is 90.2 Å². The van der Waals surface area contributed by atoms with Crippen LogP contribution in [0.15, 0.2) is 117 Å². The number of rotatable bonds is 8. The van der Waals surface area contributed by atoms with Crippen LogP contribution >= 0.6 is 0 Å². The van der Waals surface area contributed by atoms with Crippen molar-refractivity contribution < 1.29 is 60.3 Å². The van der Waals surface area contributed by atoms with Crippen molar-refractivity contribution in [3.05, 3.63) is 119 Å². The summed E-state index contributed by atoms with van der Waals surface area (Å²) < 4.78 is 66.2.